The van der Waals surface area contributed by atoms with Crippen molar-refractivity contribution in [1.82, 2.24) is 25.1 Å². The van der Waals surface area contributed by atoms with Gasteiger partial charge in [-0.05, 0) is 12.1 Å². The normalized spacial score (nSPS) is 17.0. The Morgan fingerprint density at radius 1 is 1.50 bits per heavy atom. The molecule has 0 saturated carbocycles. The number of nitrogens with zero attached hydrogens (tertiary/aromatic N) is 3. The predicted octanol–water partition coefficient (Wildman–Crippen LogP) is -0.213. The van der Waals surface area contributed by atoms with Crippen LogP contribution in [0.1, 0.15) is 24.0 Å². The molecule has 22 heavy (non-hydrogen) atoms. The fraction of sp³-hybridized carbons (Fsp3) is 0.429. The summed E-state index contributed by atoms with van der Waals surface area (Å²) in [6, 6.07) is 5.68. The fourth-order valence-electron chi connectivity index (χ4n) is 2.42. The second-order valence-electron chi connectivity index (χ2n) is 5.02. The van der Waals surface area contributed by atoms with E-state index in [-0.39, 0.29) is 18.0 Å². The molecule has 1 unspecified atom stereocenters. The number of carbonyl (C=O) groups is 1. The lowest BCUT2D eigenvalue weighted by Gasteiger charge is -2.22. The number of rotatable bonds is 5. The van der Waals surface area contributed by atoms with Crippen LogP contribution < -0.4 is 11.0 Å². The first kappa shape index (κ1) is 14.5. The fourth-order valence-corrected chi connectivity index (χ4v) is 2.42. The topological polar surface area (TPSA) is 102 Å². The van der Waals surface area contributed by atoms with Crippen LogP contribution in [0.15, 0.2) is 29.2 Å². The Kier molecular flexibility index (Phi) is 4.29. The van der Waals surface area contributed by atoms with Crippen LogP contribution in [-0.4, -0.2) is 38.8 Å². The minimum absolute atomic E-state index is 0.134. The van der Waals surface area contributed by atoms with Crippen LogP contribution in [0.4, 0.5) is 0 Å². The molecule has 2 aromatic rings. The second kappa shape index (κ2) is 6.52. The lowest BCUT2D eigenvalue weighted by Crippen LogP contribution is -2.33. The lowest BCUT2D eigenvalue weighted by molar-refractivity contribution is -0.125. The first-order valence-electron chi connectivity index (χ1n) is 7.17. The van der Waals surface area contributed by atoms with Gasteiger partial charge in [0.1, 0.15) is 6.10 Å². The first-order valence-corrected chi connectivity index (χ1v) is 7.17. The van der Waals surface area contributed by atoms with Crippen LogP contribution in [-0.2, 0) is 22.5 Å². The largest absolute Gasteiger partial charge is 0.368 e. The number of ether oxygens (including phenoxy) is 1. The number of nitrogens with one attached hydrogen (secondary N) is 2. The van der Waals surface area contributed by atoms with Gasteiger partial charge in [-0.15, -0.1) is 0 Å². The molecule has 0 aromatic carbocycles. The highest BCUT2D eigenvalue weighted by Gasteiger charge is 2.26. The monoisotopic (exact) mass is 303 g/mol. The maximum absolute atomic E-state index is 12.0. The minimum atomic E-state index is -0.484. The van der Waals surface area contributed by atoms with Crippen LogP contribution in [0.25, 0.3) is 0 Å². The Hall–Kier alpha value is -2.48. The number of hydrogen-bond donors (Lipinski definition) is 2. The summed E-state index contributed by atoms with van der Waals surface area (Å²) < 4.78 is 7.05. The zero-order chi connectivity index (χ0) is 15.4. The zero-order valence-corrected chi connectivity index (χ0v) is 12.0. The lowest BCUT2D eigenvalue weighted by atomic mass is 10.2. The number of carbonyl (C=O) groups excluding carboxylic acids is 1. The highest BCUT2D eigenvalue weighted by Crippen LogP contribution is 2.21. The van der Waals surface area contributed by atoms with E-state index in [1.165, 1.54) is 4.57 Å². The Morgan fingerprint density at radius 3 is 3.23 bits per heavy atom. The van der Waals surface area contributed by atoms with E-state index in [0.29, 0.717) is 31.9 Å². The molecular formula is C14H17N5O3. The average Bonchev–Trinajstić information content (AvgIpc) is 2.91. The van der Waals surface area contributed by atoms with Crippen molar-refractivity contribution in [3.63, 3.8) is 0 Å². The van der Waals surface area contributed by atoms with Crippen molar-refractivity contribution in [2.24, 2.45) is 0 Å². The van der Waals surface area contributed by atoms with Gasteiger partial charge in [0.25, 0.3) is 0 Å². The summed E-state index contributed by atoms with van der Waals surface area (Å²) in [7, 11) is 0. The quantitative estimate of drug-likeness (QED) is 0.795. The summed E-state index contributed by atoms with van der Waals surface area (Å²) in [5.41, 5.74) is 0.664. The summed E-state index contributed by atoms with van der Waals surface area (Å²) in [6.45, 7) is 1.37. The van der Waals surface area contributed by atoms with E-state index in [0.717, 1.165) is 5.69 Å². The molecule has 8 nitrogen and oxygen atoms in total. The van der Waals surface area contributed by atoms with Crippen molar-refractivity contribution in [1.29, 1.82) is 0 Å². The third-order valence-corrected chi connectivity index (χ3v) is 3.51. The Bertz CT molecular complexity index is 694. The second-order valence-corrected chi connectivity index (χ2v) is 5.02. The number of pyridine rings is 1. The number of hydrogen-bond acceptors (Lipinski definition) is 5. The average molecular weight is 303 g/mol. The van der Waals surface area contributed by atoms with Gasteiger partial charge < -0.3 is 10.1 Å². The van der Waals surface area contributed by atoms with E-state index in [1.54, 1.807) is 6.20 Å². The van der Waals surface area contributed by atoms with Gasteiger partial charge >= 0.3 is 5.69 Å². The number of H-pyrrole nitrogens is 1. The van der Waals surface area contributed by atoms with Gasteiger partial charge in [0.2, 0.25) is 5.91 Å². The molecule has 0 spiro atoms. The molecular weight excluding hydrogens is 286 g/mol. The Balaban J connectivity index is 1.51. The summed E-state index contributed by atoms with van der Waals surface area (Å²) in [5.74, 6) is 0.348. The van der Waals surface area contributed by atoms with Crippen molar-refractivity contribution in [3.05, 3.63) is 46.4 Å². The van der Waals surface area contributed by atoms with Gasteiger partial charge in [0, 0.05) is 24.9 Å². The number of amides is 1. The maximum Gasteiger partial charge on any atom is 0.343 e. The van der Waals surface area contributed by atoms with E-state index in [9.17, 15) is 9.59 Å². The highest BCUT2D eigenvalue weighted by molar-refractivity contribution is 5.76. The van der Waals surface area contributed by atoms with Crippen molar-refractivity contribution in [2.75, 3.05) is 13.2 Å². The van der Waals surface area contributed by atoms with Crippen LogP contribution in [0.2, 0.25) is 0 Å². The number of aromatic amines is 1. The van der Waals surface area contributed by atoms with E-state index in [1.807, 2.05) is 18.2 Å². The molecule has 1 atom stereocenters. The summed E-state index contributed by atoms with van der Waals surface area (Å²) in [4.78, 5) is 27.7. The molecule has 0 bridgehead atoms. The molecule has 3 rings (SSSR count). The van der Waals surface area contributed by atoms with Crippen LogP contribution in [0, 0.1) is 0 Å². The number of aromatic nitrogens is 4. The number of fused-ring (bicyclic) bond motifs is 1. The van der Waals surface area contributed by atoms with Crippen LogP contribution in [0.3, 0.4) is 0 Å². The van der Waals surface area contributed by atoms with Crippen molar-refractivity contribution in [3.8, 4) is 0 Å². The molecule has 3 heterocycles. The Labute approximate surface area is 126 Å². The highest BCUT2D eigenvalue weighted by atomic mass is 16.5. The SMILES string of the molecule is O=C(CC1OCCn2c1n[nH]c2=O)NCCc1ccccn1. The molecule has 8 heteroatoms. The predicted molar refractivity (Wildman–Crippen MR) is 77.1 cm³/mol. The van der Waals surface area contributed by atoms with Crippen LogP contribution in [0.5, 0.6) is 0 Å². The van der Waals surface area contributed by atoms with Gasteiger partial charge in [-0.1, -0.05) is 6.07 Å². The van der Waals surface area contributed by atoms with Crippen LogP contribution >= 0.6 is 0 Å². The smallest absolute Gasteiger partial charge is 0.343 e. The van der Waals surface area contributed by atoms with Gasteiger partial charge in [-0.3, -0.25) is 14.3 Å². The summed E-state index contributed by atoms with van der Waals surface area (Å²) >= 11 is 0. The van der Waals surface area contributed by atoms with Gasteiger partial charge in [0.15, 0.2) is 5.82 Å². The zero-order valence-electron chi connectivity index (χ0n) is 12.0. The Morgan fingerprint density at radius 2 is 2.41 bits per heavy atom. The first-order chi connectivity index (χ1) is 10.7. The molecule has 1 aliphatic heterocycles. The van der Waals surface area contributed by atoms with E-state index in [4.69, 9.17) is 4.74 Å². The third kappa shape index (κ3) is 3.22. The minimum Gasteiger partial charge on any atom is -0.368 e. The van der Waals surface area contributed by atoms with E-state index < -0.39 is 6.10 Å². The van der Waals surface area contributed by atoms with Gasteiger partial charge in [-0.25, -0.2) is 9.89 Å². The van der Waals surface area contributed by atoms with Crippen molar-refractivity contribution < 1.29 is 9.53 Å². The molecule has 116 valence electrons. The molecule has 0 saturated heterocycles. The molecule has 0 aliphatic carbocycles. The maximum atomic E-state index is 12.0. The third-order valence-electron chi connectivity index (χ3n) is 3.51. The molecule has 2 N–H and O–H groups in total. The van der Waals surface area contributed by atoms with Gasteiger partial charge in [0.05, 0.1) is 19.6 Å². The summed E-state index contributed by atoms with van der Waals surface area (Å²) in [5, 5.41) is 9.15. The van der Waals surface area contributed by atoms with Crippen molar-refractivity contribution in [2.45, 2.75) is 25.5 Å². The van der Waals surface area contributed by atoms with Crippen molar-refractivity contribution >= 4 is 5.91 Å². The van der Waals surface area contributed by atoms with E-state index in [2.05, 4.69) is 20.5 Å². The molecule has 0 radical (unpaired) electrons. The summed E-state index contributed by atoms with van der Waals surface area (Å²) in [6.07, 6.45) is 2.06. The molecule has 0 fully saturated rings. The molecule has 1 amide bonds. The van der Waals surface area contributed by atoms with E-state index >= 15 is 0 Å². The molecule has 1 aliphatic rings. The molecule has 2 aromatic heterocycles. The van der Waals surface area contributed by atoms with Gasteiger partial charge in [-0.2, -0.15) is 5.10 Å². The standard InChI is InChI=1S/C14H17N5O3/c20-12(16-6-4-10-3-1-2-5-15-10)9-11-13-17-18-14(21)19(13)7-8-22-11/h1-3,5,11H,4,6-9H2,(H,16,20)(H,18,21).